The molecule has 160 valence electrons. The van der Waals surface area contributed by atoms with Crippen molar-refractivity contribution in [2.24, 2.45) is 0 Å². The molecule has 1 heteroatoms. The summed E-state index contributed by atoms with van der Waals surface area (Å²) in [6.45, 7) is 4.61. The molecule has 0 aliphatic heterocycles. The van der Waals surface area contributed by atoms with Gasteiger partial charge in [-0.3, -0.25) is 0 Å². The summed E-state index contributed by atoms with van der Waals surface area (Å²) in [7, 11) is 0. The van der Waals surface area contributed by atoms with Crippen LogP contribution in [-0.4, -0.2) is 6.04 Å². The Morgan fingerprint density at radius 1 is 0.688 bits per heavy atom. The van der Waals surface area contributed by atoms with Crippen LogP contribution in [0.3, 0.4) is 0 Å². The number of anilines is 2. The monoisotopic (exact) mass is 417 g/mol. The zero-order valence-electron chi connectivity index (χ0n) is 19.1. The van der Waals surface area contributed by atoms with Crippen LogP contribution in [0.15, 0.2) is 84.9 Å². The first kappa shape index (κ1) is 19.6. The van der Waals surface area contributed by atoms with Crippen LogP contribution in [0.1, 0.15) is 57.1 Å². The third-order valence-corrected chi connectivity index (χ3v) is 7.78. The molecule has 6 rings (SSSR count). The van der Waals surface area contributed by atoms with Gasteiger partial charge in [-0.15, -0.1) is 0 Å². The van der Waals surface area contributed by atoms with Crippen molar-refractivity contribution < 1.29 is 0 Å². The minimum absolute atomic E-state index is 0.196. The maximum atomic E-state index is 2.53. The second kappa shape index (κ2) is 7.52. The number of rotatable bonds is 3. The smallest absolute Gasteiger partial charge is 0.0492 e. The van der Waals surface area contributed by atoms with Crippen LogP contribution < -0.4 is 4.90 Å². The predicted molar refractivity (Wildman–Crippen MR) is 137 cm³/mol. The number of fused-ring (bicyclic) bond motifs is 6. The van der Waals surface area contributed by atoms with Gasteiger partial charge in [0.05, 0.1) is 0 Å². The summed E-state index contributed by atoms with van der Waals surface area (Å²) >= 11 is 0. The summed E-state index contributed by atoms with van der Waals surface area (Å²) in [4.78, 5) is 2.53. The van der Waals surface area contributed by atoms with E-state index in [0.717, 1.165) is 0 Å². The molecule has 1 nitrogen and oxygen atoms in total. The van der Waals surface area contributed by atoms with Crippen molar-refractivity contribution in [2.75, 3.05) is 4.90 Å². The van der Waals surface area contributed by atoms with Gasteiger partial charge in [0, 0.05) is 28.2 Å². The van der Waals surface area contributed by atoms with Crippen molar-refractivity contribution in [3.8, 4) is 11.1 Å². The van der Waals surface area contributed by atoms with Crippen LogP contribution in [0.2, 0.25) is 0 Å². The van der Waals surface area contributed by atoms with Crippen LogP contribution in [0.5, 0.6) is 0 Å². The molecular weight excluding hydrogens is 386 g/mol. The molecular formula is C31H31N. The Morgan fingerprint density at radius 2 is 1.41 bits per heavy atom. The summed E-state index contributed by atoms with van der Waals surface area (Å²) < 4.78 is 0. The molecule has 32 heavy (non-hydrogen) atoms. The Morgan fingerprint density at radius 3 is 2.25 bits per heavy atom. The molecule has 4 aromatic carbocycles. The first-order chi connectivity index (χ1) is 15.7. The molecule has 1 spiro atoms. The van der Waals surface area contributed by atoms with E-state index in [1.807, 2.05) is 0 Å². The molecule has 0 N–H and O–H groups in total. The summed E-state index contributed by atoms with van der Waals surface area (Å²) in [5.74, 6) is 0. The lowest BCUT2D eigenvalue weighted by Crippen LogP contribution is -2.29. The Labute approximate surface area is 191 Å². The van der Waals surface area contributed by atoms with Crippen molar-refractivity contribution in [1.29, 1.82) is 0 Å². The van der Waals surface area contributed by atoms with E-state index in [1.54, 1.807) is 11.1 Å². The molecule has 4 aromatic rings. The molecule has 0 saturated heterocycles. The molecule has 0 amide bonds. The van der Waals surface area contributed by atoms with E-state index in [9.17, 15) is 0 Å². The number of hydrogen-bond donors (Lipinski definition) is 0. The highest BCUT2D eigenvalue weighted by atomic mass is 15.2. The van der Waals surface area contributed by atoms with Gasteiger partial charge in [0.1, 0.15) is 0 Å². The maximum Gasteiger partial charge on any atom is 0.0492 e. The van der Waals surface area contributed by atoms with Crippen molar-refractivity contribution in [2.45, 2.75) is 57.4 Å². The summed E-state index contributed by atoms with van der Waals surface area (Å²) in [6.07, 6.45) is 6.57. The highest BCUT2D eigenvalue weighted by Crippen LogP contribution is 2.56. The molecule has 0 aromatic heterocycles. The molecule has 1 fully saturated rings. The van der Waals surface area contributed by atoms with E-state index in [4.69, 9.17) is 0 Å². The van der Waals surface area contributed by atoms with E-state index in [2.05, 4.69) is 104 Å². The quantitative estimate of drug-likeness (QED) is 0.322. The van der Waals surface area contributed by atoms with Gasteiger partial charge in [-0.1, -0.05) is 86.0 Å². The van der Waals surface area contributed by atoms with E-state index in [1.165, 1.54) is 65.4 Å². The fourth-order valence-electron chi connectivity index (χ4n) is 6.42. The lowest BCUT2D eigenvalue weighted by molar-refractivity contribution is 0.353. The van der Waals surface area contributed by atoms with E-state index in [-0.39, 0.29) is 5.41 Å². The molecule has 0 atom stereocenters. The Bertz CT molecular complexity index is 1290. The second-order valence-electron chi connectivity index (χ2n) is 9.88. The van der Waals surface area contributed by atoms with Gasteiger partial charge in [-0.2, -0.15) is 0 Å². The van der Waals surface area contributed by atoms with Crippen molar-refractivity contribution >= 4 is 22.1 Å². The molecule has 0 heterocycles. The molecule has 0 radical (unpaired) electrons. The van der Waals surface area contributed by atoms with Gasteiger partial charge < -0.3 is 4.90 Å². The van der Waals surface area contributed by atoms with E-state index in [0.29, 0.717) is 6.04 Å². The average molecular weight is 418 g/mol. The fraction of sp³-hybridized carbons (Fsp3) is 0.290. The minimum Gasteiger partial charge on any atom is -0.338 e. The minimum atomic E-state index is 0.196. The highest BCUT2D eigenvalue weighted by Gasteiger charge is 2.43. The number of nitrogens with zero attached hydrogens (tertiary/aromatic N) is 1. The van der Waals surface area contributed by atoms with Gasteiger partial charge in [0.15, 0.2) is 0 Å². The molecule has 2 aliphatic rings. The van der Waals surface area contributed by atoms with Crippen molar-refractivity contribution in [1.82, 2.24) is 0 Å². The summed E-state index contributed by atoms with van der Waals surface area (Å²) in [6, 6.07) is 32.2. The van der Waals surface area contributed by atoms with Crippen molar-refractivity contribution in [3.05, 3.63) is 96.1 Å². The topological polar surface area (TPSA) is 3.24 Å². The standard InChI is InChI=1S/C31H31N/c1-22(2)32(30-16-10-12-23-11-4-5-13-25(23)30)24-17-18-27-26-14-6-7-15-28(26)31(29(27)21-24)19-8-3-9-20-31/h4-7,10-18,21-22H,3,8-9,19-20H2,1-2H3. The first-order valence-corrected chi connectivity index (χ1v) is 12.2. The molecule has 0 bridgehead atoms. The largest absolute Gasteiger partial charge is 0.338 e. The lowest BCUT2D eigenvalue weighted by Gasteiger charge is -2.37. The van der Waals surface area contributed by atoms with Gasteiger partial charge in [0.2, 0.25) is 0 Å². The highest BCUT2D eigenvalue weighted by molar-refractivity contribution is 5.96. The van der Waals surface area contributed by atoms with Gasteiger partial charge in [-0.25, -0.2) is 0 Å². The zero-order valence-corrected chi connectivity index (χ0v) is 19.1. The third kappa shape index (κ3) is 2.84. The van der Waals surface area contributed by atoms with Crippen LogP contribution in [0, 0.1) is 0 Å². The summed E-state index contributed by atoms with van der Waals surface area (Å²) in [5, 5.41) is 2.62. The first-order valence-electron chi connectivity index (χ1n) is 12.2. The van der Waals surface area contributed by atoms with Crippen LogP contribution in [0.25, 0.3) is 21.9 Å². The van der Waals surface area contributed by atoms with Crippen LogP contribution in [-0.2, 0) is 5.41 Å². The molecule has 1 saturated carbocycles. The average Bonchev–Trinajstić information content (AvgIpc) is 3.09. The Kier molecular flexibility index (Phi) is 4.61. The normalized spacial score (nSPS) is 16.3. The third-order valence-electron chi connectivity index (χ3n) is 7.78. The summed E-state index contributed by atoms with van der Waals surface area (Å²) in [5.41, 5.74) is 8.83. The van der Waals surface area contributed by atoms with E-state index < -0.39 is 0 Å². The molecule has 2 aliphatic carbocycles. The van der Waals surface area contributed by atoms with Gasteiger partial charge >= 0.3 is 0 Å². The van der Waals surface area contributed by atoms with Gasteiger partial charge in [-0.05, 0) is 72.5 Å². The van der Waals surface area contributed by atoms with Crippen molar-refractivity contribution in [3.63, 3.8) is 0 Å². The van der Waals surface area contributed by atoms with Gasteiger partial charge in [0.25, 0.3) is 0 Å². The Balaban J connectivity index is 1.55. The lowest BCUT2D eigenvalue weighted by atomic mass is 9.68. The Hall–Kier alpha value is -3.06. The van der Waals surface area contributed by atoms with Crippen LogP contribution >= 0.6 is 0 Å². The predicted octanol–water partition coefficient (Wildman–Crippen LogP) is 8.62. The van der Waals surface area contributed by atoms with E-state index >= 15 is 0 Å². The van der Waals surface area contributed by atoms with Crippen LogP contribution in [0.4, 0.5) is 11.4 Å². The number of benzene rings is 4. The fourth-order valence-corrected chi connectivity index (χ4v) is 6.42. The maximum absolute atomic E-state index is 2.53. The zero-order chi connectivity index (χ0) is 21.7. The SMILES string of the molecule is CC(C)N(c1ccc2c(c1)C1(CCCCC1)c1ccccc1-2)c1cccc2ccccc12. The second-order valence-corrected chi connectivity index (χ2v) is 9.88. The molecule has 0 unspecified atom stereocenters. The number of hydrogen-bond acceptors (Lipinski definition) is 1.